The second-order valence-electron chi connectivity index (χ2n) is 4.11. The summed E-state index contributed by atoms with van der Waals surface area (Å²) in [5, 5.41) is 0. The van der Waals surface area contributed by atoms with E-state index in [1.54, 1.807) is 11.8 Å². The highest BCUT2D eigenvalue weighted by atomic mass is 79.9. The van der Waals surface area contributed by atoms with Crippen LogP contribution < -0.4 is 0 Å². The number of rotatable bonds is 2. The molecule has 1 saturated heterocycles. The van der Waals surface area contributed by atoms with Crippen molar-refractivity contribution in [3.63, 3.8) is 0 Å². The van der Waals surface area contributed by atoms with Gasteiger partial charge in [0.15, 0.2) is 0 Å². The molecule has 0 N–H and O–H groups in total. The molecule has 1 atom stereocenters. The fraction of sp³-hybridized carbons (Fsp3) is 0.455. The summed E-state index contributed by atoms with van der Waals surface area (Å²) >= 11 is 4.87. The van der Waals surface area contributed by atoms with Gasteiger partial charge in [-0.2, -0.15) is 16.1 Å². The first-order valence-electron chi connectivity index (χ1n) is 5.47. The molecule has 1 aromatic carbocycles. The Morgan fingerprint density at radius 1 is 1.50 bits per heavy atom. The molecule has 2 rings (SSSR count). The molecule has 0 spiro atoms. The van der Waals surface area contributed by atoms with Gasteiger partial charge in [0.25, 0.3) is 0 Å². The molecule has 1 aliphatic heterocycles. The minimum atomic E-state index is -3.55. The molecule has 1 unspecified atom stereocenters. The van der Waals surface area contributed by atoms with Gasteiger partial charge in [0.1, 0.15) is 5.82 Å². The van der Waals surface area contributed by atoms with Crippen LogP contribution in [0.1, 0.15) is 6.92 Å². The molecule has 100 valence electrons. The zero-order valence-electron chi connectivity index (χ0n) is 9.77. The standard InChI is InChI=1S/C11H13BrFNO2S2/c1-8-7-17-5-4-14(8)18(15,16)11-3-2-9(13)6-10(11)12/h2-3,6,8H,4-5,7H2,1H3. The van der Waals surface area contributed by atoms with Crippen LogP contribution in [0.25, 0.3) is 0 Å². The second kappa shape index (κ2) is 5.48. The average Bonchev–Trinajstić information content (AvgIpc) is 2.28. The van der Waals surface area contributed by atoms with Crippen molar-refractivity contribution in [2.75, 3.05) is 18.1 Å². The van der Waals surface area contributed by atoms with E-state index in [0.29, 0.717) is 6.54 Å². The molecular weight excluding hydrogens is 341 g/mol. The summed E-state index contributed by atoms with van der Waals surface area (Å²) in [5.74, 6) is 1.13. The number of benzene rings is 1. The number of hydrogen-bond donors (Lipinski definition) is 0. The van der Waals surface area contributed by atoms with Crippen molar-refractivity contribution in [1.29, 1.82) is 0 Å². The summed E-state index contributed by atoms with van der Waals surface area (Å²) < 4.78 is 39.8. The summed E-state index contributed by atoms with van der Waals surface area (Å²) in [6, 6.07) is 3.62. The van der Waals surface area contributed by atoms with Crippen molar-refractivity contribution < 1.29 is 12.8 Å². The SMILES string of the molecule is CC1CSCCN1S(=O)(=O)c1ccc(F)cc1Br. The molecule has 3 nitrogen and oxygen atoms in total. The van der Waals surface area contributed by atoms with Gasteiger partial charge in [-0.1, -0.05) is 0 Å². The van der Waals surface area contributed by atoms with E-state index in [2.05, 4.69) is 15.9 Å². The predicted molar refractivity (Wildman–Crippen MR) is 74.8 cm³/mol. The molecule has 0 aromatic heterocycles. The van der Waals surface area contributed by atoms with Crippen LogP contribution in [0.5, 0.6) is 0 Å². The molecule has 1 heterocycles. The van der Waals surface area contributed by atoms with Crippen LogP contribution in [0.4, 0.5) is 4.39 Å². The minimum Gasteiger partial charge on any atom is -0.207 e. The normalized spacial score (nSPS) is 22.1. The molecule has 1 aromatic rings. The van der Waals surface area contributed by atoms with E-state index in [1.807, 2.05) is 6.92 Å². The van der Waals surface area contributed by atoms with Crippen LogP contribution in [0.15, 0.2) is 27.6 Å². The lowest BCUT2D eigenvalue weighted by molar-refractivity contribution is 0.367. The number of thioether (sulfide) groups is 1. The molecule has 1 fully saturated rings. The number of sulfonamides is 1. The van der Waals surface area contributed by atoms with Gasteiger partial charge in [-0.15, -0.1) is 0 Å². The Morgan fingerprint density at radius 3 is 2.83 bits per heavy atom. The van der Waals surface area contributed by atoms with Gasteiger partial charge < -0.3 is 0 Å². The lowest BCUT2D eigenvalue weighted by atomic mass is 10.3. The van der Waals surface area contributed by atoms with E-state index in [0.717, 1.165) is 11.5 Å². The van der Waals surface area contributed by atoms with Crippen LogP contribution in [0, 0.1) is 5.82 Å². The maximum atomic E-state index is 13.0. The number of hydrogen-bond acceptors (Lipinski definition) is 3. The lowest BCUT2D eigenvalue weighted by Crippen LogP contribution is -2.44. The first-order valence-corrected chi connectivity index (χ1v) is 8.86. The topological polar surface area (TPSA) is 37.4 Å². The maximum Gasteiger partial charge on any atom is 0.244 e. The van der Waals surface area contributed by atoms with Crippen LogP contribution in [0.3, 0.4) is 0 Å². The van der Waals surface area contributed by atoms with E-state index in [4.69, 9.17) is 0 Å². The largest absolute Gasteiger partial charge is 0.244 e. The first-order chi connectivity index (χ1) is 8.43. The van der Waals surface area contributed by atoms with Gasteiger partial charge in [-0.05, 0) is 41.1 Å². The third kappa shape index (κ3) is 2.74. The van der Waals surface area contributed by atoms with E-state index in [9.17, 15) is 12.8 Å². The Balaban J connectivity index is 2.41. The summed E-state index contributed by atoms with van der Waals surface area (Å²) in [4.78, 5) is 0.127. The highest BCUT2D eigenvalue weighted by Gasteiger charge is 2.32. The monoisotopic (exact) mass is 353 g/mol. The zero-order chi connectivity index (χ0) is 13.3. The molecule has 18 heavy (non-hydrogen) atoms. The zero-order valence-corrected chi connectivity index (χ0v) is 13.0. The molecule has 0 aliphatic carbocycles. The molecule has 7 heteroatoms. The van der Waals surface area contributed by atoms with Crippen LogP contribution in [-0.4, -0.2) is 36.8 Å². The van der Waals surface area contributed by atoms with Gasteiger partial charge in [0, 0.05) is 28.6 Å². The van der Waals surface area contributed by atoms with Gasteiger partial charge in [0.2, 0.25) is 10.0 Å². The second-order valence-corrected chi connectivity index (χ2v) is 7.98. The van der Waals surface area contributed by atoms with Gasteiger partial charge in [-0.3, -0.25) is 0 Å². The Morgan fingerprint density at radius 2 is 2.22 bits per heavy atom. The van der Waals surface area contributed by atoms with Gasteiger partial charge in [0.05, 0.1) is 4.90 Å². The van der Waals surface area contributed by atoms with Crippen molar-refractivity contribution in [3.8, 4) is 0 Å². The number of nitrogens with zero attached hydrogens (tertiary/aromatic N) is 1. The molecule has 0 saturated carbocycles. The molecule has 0 bridgehead atoms. The molecular formula is C11H13BrFNO2S2. The third-order valence-corrected chi connectivity index (χ3v) is 6.97. The third-order valence-electron chi connectivity index (χ3n) is 2.79. The summed E-state index contributed by atoms with van der Waals surface area (Å²) in [6.45, 7) is 2.39. The molecule has 0 radical (unpaired) electrons. The van der Waals surface area contributed by atoms with Crippen molar-refractivity contribution >= 4 is 37.7 Å². The van der Waals surface area contributed by atoms with E-state index >= 15 is 0 Å². The maximum absolute atomic E-state index is 13.0. The quantitative estimate of drug-likeness (QED) is 0.820. The summed E-state index contributed by atoms with van der Waals surface area (Å²) in [7, 11) is -3.55. The van der Waals surface area contributed by atoms with Crippen LogP contribution in [0.2, 0.25) is 0 Å². The first kappa shape index (κ1) is 14.3. The Bertz CT molecular complexity index is 550. The van der Waals surface area contributed by atoms with Gasteiger partial charge >= 0.3 is 0 Å². The van der Waals surface area contributed by atoms with E-state index in [-0.39, 0.29) is 15.4 Å². The Hall–Kier alpha value is -0.110. The van der Waals surface area contributed by atoms with Crippen LogP contribution in [-0.2, 0) is 10.0 Å². The Labute approximate surface area is 119 Å². The van der Waals surface area contributed by atoms with Gasteiger partial charge in [-0.25, -0.2) is 12.8 Å². The summed E-state index contributed by atoms with van der Waals surface area (Å²) in [6.07, 6.45) is 0. The highest BCUT2D eigenvalue weighted by molar-refractivity contribution is 9.10. The fourth-order valence-corrected chi connectivity index (χ4v) is 5.75. The Kier molecular flexibility index (Phi) is 4.36. The van der Waals surface area contributed by atoms with Crippen molar-refractivity contribution in [1.82, 2.24) is 4.31 Å². The average molecular weight is 354 g/mol. The van der Waals surface area contributed by atoms with Crippen molar-refractivity contribution in [2.24, 2.45) is 0 Å². The van der Waals surface area contributed by atoms with Crippen LogP contribution >= 0.6 is 27.7 Å². The van der Waals surface area contributed by atoms with Crippen molar-refractivity contribution in [2.45, 2.75) is 17.9 Å². The minimum absolute atomic E-state index is 0.0364. The fourth-order valence-electron chi connectivity index (χ4n) is 1.88. The summed E-state index contributed by atoms with van der Waals surface area (Å²) in [5.41, 5.74) is 0. The smallest absolute Gasteiger partial charge is 0.207 e. The highest BCUT2D eigenvalue weighted by Crippen LogP contribution is 2.29. The molecule has 0 amide bonds. The van der Waals surface area contributed by atoms with E-state index in [1.165, 1.54) is 22.5 Å². The van der Waals surface area contributed by atoms with E-state index < -0.39 is 15.8 Å². The lowest BCUT2D eigenvalue weighted by Gasteiger charge is -2.32. The number of halogens is 2. The predicted octanol–water partition coefficient (Wildman–Crippen LogP) is 2.71. The molecule has 1 aliphatic rings. The van der Waals surface area contributed by atoms with Crippen molar-refractivity contribution in [3.05, 3.63) is 28.5 Å².